The molecule has 0 aliphatic carbocycles. The fourth-order valence-electron chi connectivity index (χ4n) is 1.62. The second-order valence-electron chi connectivity index (χ2n) is 5.20. The van der Waals surface area contributed by atoms with Gasteiger partial charge in [0.05, 0.1) is 18.3 Å². The number of hydrogen-bond donors (Lipinski definition) is 2. The average molecular weight is 248 g/mol. The van der Waals surface area contributed by atoms with E-state index in [0.717, 1.165) is 5.82 Å². The van der Waals surface area contributed by atoms with E-state index < -0.39 is 5.97 Å². The lowest BCUT2D eigenvalue weighted by molar-refractivity contribution is -0.136. The number of aliphatic carboxylic acids is 1. The predicted octanol–water partition coefficient (Wildman–Crippen LogP) is 1.57. The number of fused-ring (bicyclic) bond motifs is 1. The summed E-state index contributed by atoms with van der Waals surface area (Å²) in [6.45, 7) is 6.13. The number of imidazole rings is 1. The Kier molecular flexibility index (Phi) is 2.94. The van der Waals surface area contributed by atoms with Crippen LogP contribution in [0.15, 0.2) is 18.3 Å². The molecule has 2 heterocycles. The standard InChI is InChI=1S/C12H16N4O2/c1-12(2,3)14-9-4-5-10-13-8(6-11(17)18)7-16(10)15-9/h4-5,7H,6H2,1-3H3,(H,14,15)(H,17,18). The van der Waals surface area contributed by atoms with Crippen LogP contribution in [0, 0.1) is 0 Å². The van der Waals surface area contributed by atoms with Crippen molar-refractivity contribution in [2.45, 2.75) is 32.7 Å². The van der Waals surface area contributed by atoms with Gasteiger partial charge in [0.15, 0.2) is 5.65 Å². The molecule has 2 aromatic rings. The Labute approximate surface area is 105 Å². The van der Waals surface area contributed by atoms with Crippen LogP contribution in [0.4, 0.5) is 5.82 Å². The van der Waals surface area contributed by atoms with Crippen molar-refractivity contribution < 1.29 is 9.90 Å². The summed E-state index contributed by atoms with van der Waals surface area (Å²) in [6, 6.07) is 3.64. The molecule has 0 spiro atoms. The SMILES string of the molecule is CC(C)(C)Nc1ccc2nc(CC(=O)O)cn2n1. The van der Waals surface area contributed by atoms with Crippen molar-refractivity contribution in [1.29, 1.82) is 0 Å². The Morgan fingerprint density at radius 3 is 2.78 bits per heavy atom. The number of aromatic nitrogens is 3. The fourth-order valence-corrected chi connectivity index (χ4v) is 1.62. The molecule has 0 aromatic carbocycles. The molecule has 0 amide bonds. The molecule has 2 rings (SSSR count). The number of carboxylic acid groups (broad SMARTS) is 1. The summed E-state index contributed by atoms with van der Waals surface area (Å²) >= 11 is 0. The van der Waals surface area contributed by atoms with Gasteiger partial charge in [0.25, 0.3) is 0 Å². The first kappa shape index (κ1) is 12.3. The Morgan fingerprint density at radius 1 is 1.44 bits per heavy atom. The molecule has 0 unspecified atom stereocenters. The van der Waals surface area contributed by atoms with E-state index in [0.29, 0.717) is 11.3 Å². The zero-order chi connectivity index (χ0) is 13.3. The Bertz CT molecular complexity index is 583. The summed E-state index contributed by atoms with van der Waals surface area (Å²) in [4.78, 5) is 14.8. The van der Waals surface area contributed by atoms with Crippen LogP contribution in [0.1, 0.15) is 26.5 Å². The van der Waals surface area contributed by atoms with Gasteiger partial charge in [-0.15, -0.1) is 5.10 Å². The molecule has 96 valence electrons. The largest absolute Gasteiger partial charge is 0.481 e. The number of carbonyl (C=O) groups is 1. The van der Waals surface area contributed by atoms with E-state index in [1.807, 2.05) is 32.9 Å². The van der Waals surface area contributed by atoms with E-state index in [9.17, 15) is 4.79 Å². The second kappa shape index (κ2) is 4.29. The molecule has 0 saturated heterocycles. The Hall–Kier alpha value is -2.11. The molecule has 0 radical (unpaired) electrons. The van der Waals surface area contributed by atoms with Crippen LogP contribution in [0.3, 0.4) is 0 Å². The lowest BCUT2D eigenvalue weighted by Crippen LogP contribution is -2.26. The van der Waals surface area contributed by atoms with Crippen molar-refractivity contribution in [2.24, 2.45) is 0 Å². The van der Waals surface area contributed by atoms with E-state index >= 15 is 0 Å². The van der Waals surface area contributed by atoms with Crippen molar-refractivity contribution in [1.82, 2.24) is 14.6 Å². The topological polar surface area (TPSA) is 79.5 Å². The number of hydrogen-bond acceptors (Lipinski definition) is 4. The maximum absolute atomic E-state index is 10.6. The van der Waals surface area contributed by atoms with Gasteiger partial charge in [-0.2, -0.15) is 0 Å². The fraction of sp³-hybridized carbons (Fsp3) is 0.417. The maximum atomic E-state index is 10.6. The van der Waals surface area contributed by atoms with Crippen molar-refractivity contribution in [3.63, 3.8) is 0 Å². The Morgan fingerprint density at radius 2 is 2.17 bits per heavy atom. The van der Waals surface area contributed by atoms with Crippen molar-refractivity contribution in [3.05, 3.63) is 24.0 Å². The third-order valence-corrected chi connectivity index (χ3v) is 2.21. The van der Waals surface area contributed by atoms with Gasteiger partial charge in [0.2, 0.25) is 0 Å². The molecule has 2 aromatic heterocycles. The number of anilines is 1. The van der Waals surface area contributed by atoms with Gasteiger partial charge in [-0.05, 0) is 32.9 Å². The summed E-state index contributed by atoms with van der Waals surface area (Å²) in [5.74, 6) is -0.166. The predicted molar refractivity (Wildman–Crippen MR) is 67.7 cm³/mol. The third kappa shape index (κ3) is 2.97. The minimum absolute atomic E-state index is 0.0782. The van der Waals surface area contributed by atoms with Crippen LogP contribution in [-0.4, -0.2) is 31.2 Å². The first-order chi connectivity index (χ1) is 8.33. The maximum Gasteiger partial charge on any atom is 0.309 e. The lowest BCUT2D eigenvalue weighted by atomic mass is 10.1. The van der Waals surface area contributed by atoms with Crippen LogP contribution < -0.4 is 5.32 Å². The zero-order valence-electron chi connectivity index (χ0n) is 10.6. The lowest BCUT2D eigenvalue weighted by Gasteiger charge is -2.20. The highest BCUT2D eigenvalue weighted by molar-refractivity contribution is 5.69. The molecule has 2 N–H and O–H groups in total. The monoisotopic (exact) mass is 248 g/mol. The van der Waals surface area contributed by atoms with Crippen LogP contribution in [-0.2, 0) is 11.2 Å². The van der Waals surface area contributed by atoms with E-state index in [4.69, 9.17) is 5.11 Å². The summed E-state index contributed by atoms with van der Waals surface area (Å²) < 4.78 is 1.59. The first-order valence-electron chi connectivity index (χ1n) is 5.69. The molecule has 18 heavy (non-hydrogen) atoms. The molecule has 0 fully saturated rings. The van der Waals surface area contributed by atoms with E-state index in [1.165, 1.54) is 0 Å². The molecule has 0 saturated carbocycles. The van der Waals surface area contributed by atoms with Gasteiger partial charge in [-0.25, -0.2) is 9.50 Å². The highest BCUT2D eigenvalue weighted by Crippen LogP contribution is 2.13. The highest BCUT2D eigenvalue weighted by atomic mass is 16.4. The summed E-state index contributed by atoms with van der Waals surface area (Å²) in [5, 5.41) is 16.3. The van der Waals surface area contributed by atoms with Gasteiger partial charge in [0, 0.05) is 5.54 Å². The number of rotatable bonds is 3. The van der Waals surface area contributed by atoms with Gasteiger partial charge >= 0.3 is 5.97 Å². The van der Waals surface area contributed by atoms with E-state index in [-0.39, 0.29) is 12.0 Å². The van der Waals surface area contributed by atoms with Crippen molar-refractivity contribution >= 4 is 17.4 Å². The molecule has 0 aliphatic heterocycles. The zero-order valence-corrected chi connectivity index (χ0v) is 10.6. The summed E-state index contributed by atoms with van der Waals surface area (Å²) in [5.41, 5.74) is 1.07. The molecular weight excluding hydrogens is 232 g/mol. The van der Waals surface area contributed by atoms with Crippen LogP contribution in [0.5, 0.6) is 0 Å². The van der Waals surface area contributed by atoms with Crippen LogP contribution in [0.2, 0.25) is 0 Å². The quantitative estimate of drug-likeness (QED) is 0.861. The molecule has 6 nitrogen and oxygen atoms in total. The highest BCUT2D eigenvalue weighted by Gasteiger charge is 2.11. The second-order valence-corrected chi connectivity index (χ2v) is 5.20. The van der Waals surface area contributed by atoms with Gasteiger partial charge in [0.1, 0.15) is 5.82 Å². The average Bonchev–Trinajstić information content (AvgIpc) is 2.55. The van der Waals surface area contributed by atoms with Gasteiger partial charge in [-0.1, -0.05) is 0 Å². The van der Waals surface area contributed by atoms with Crippen LogP contribution >= 0.6 is 0 Å². The Balaban J connectivity index is 2.30. The smallest absolute Gasteiger partial charge is 0.309 e. The van der Waals surface area contributed by atoms with Gasteiger partial charge in [-0.3, -0.25) is 4.79 Å². The van der Waals surface area contributed by atoms with Gasteiger partial charge < -0.3 is 10.4 Å². The summed E-state index contributed by atoms with van der Waals surface area (Å²) in [7, 11) is 0. The van der Waals surface area contributed by atoms with Crippen LogP contribution in [0.25, 0.3) is 5.65 Å². The number of nitrogens with one attached hydrogen (secondary N) is 1. The minimum Gasteiger partial charge on any atom is -0.481 e. The summed E-state index contributed by atoms with van der Waals surface area (Å²) in [6.07, 6.45) is 1.54. The molecule has 0 aliphatic rings. The van der Waals surface area contributed by atoms with Crippen molar-refractivity contribution in [3.8, 4) is 0 Å². The minimum atomic E-state index is -0.897. The van der Waals surface area contributed by atoms with Crippen molar-refractivity contribution in [2.75, 3.05) is 5.32 Å². The molecular formula is C12H16N4O2. The van der Waals surface area contributed by atoms with E-state index in [2.05, 4.69) is 15.4 Å². The molecule has 6 heteroatoms. The molecule has 0 atom stereocenters. The normalized spacial score (nSPS) is 11.7. The number of carboxylic acids is 1. The number of nitrogens with zero attached hydrogens (tertiary/aromatic N) is 3. The molecule has 0 bridgehead atoms. The van der Waals surface area contributed by atoms with E-state index in [1.54, 1.807) is 10.7 Å². The third-order valence-electron chi connectivity index (χ3n) is 2.21. The first-order valence-corrected chi connectivity index (χ1v) is 5.69.